The van der Waals surface area contributed by atoms with Crippen molar-refractivity contribution in [1.29, 1.82) is 0 Å². The Morgan fingerprint density at radius 3 is 1.70 bits per heavy atom. The number of hydrogen-bond acceptors (Lipinski definition) is 21. The summed E-state index contributed by atoms with van der Waals surface area (Å²) in [6, 6.07) is 23.2. The molecule has 1 saturated heterocycles. The number of carbonyl (C=O) groups excluding carboxylic acids is 12. The smallest absolute Gasteiger partial charge is 0.410 e. The number of hydrogen-bond donors (Lipinski definition) is 10. The zero-order valence-electron chi connectivity index (χ0n) is 75.4. The van der Waals surface area contributed by atoms with E-state index in [1.807, 2.05) is 19.9 Å². The number of methoxy groups -OCH3 is 3. The second-order valence-corrected chi connectivity index (χ2v) is 37.5. The number of aryl methyl sites for hydroxylation is 2. The first-order valence-electron chi connectivity index (χ1n) is 42.7. The van der Waals surface area contributed by atoms with Crippen LogP contribution >= 0.6 is 0 Å². The standard InChI is InChI=1S/C91H130N12O21S2/c1-18-59(10)79(73(122-16)50-75(105)103-48-23-27-72(103)82(123-17)60(11)83(108)95-61(12)80(106)63-24-20-19-21-25-63)101(13)89(114)77(55(4)5)100-88(113)78(56(6)7)102(14)91(116)124-51-62-32-38-67(39-33-62)96-86(111)70(26-22-46-94-90(92)115)98-87(112)76(54(2)3)99-74(104)45-44-71(85(110)93-47-49-121-15)97-84(109)65-36-34-64(35-37-65)81(107)66(52-125(117,118)68-40-28-57(8)29-41-68)53-126(119,120)69-42-30-58(9)31-43-69/h19-21,24-25,28-43,54-56,59-61,66,70-73,76-80,82,106H,18,22-23,26-27,44-53H2,1-17H3,(H,93,110)(H,95,108)(H,96,111)(H,97,109)(H,98,112)(H,99,104)(H,100,113)(H3,92,94,115)/t59-,60+,61-,70-,71-,72-,73+,76-,77-,78-,79?,80-,82-/m1/s1. The van der Waals surface area contributed by atoms with Crippen LogP contribution in [0.3, 0.4) is 0 Å². The van der Waals surface area contributed by atoms with Gasteiger partial charge >= 0.3 is 12.1 Å². The molecule has 33 nitrogen and oxygen atoms in total. The lowest BCUT2D eigenvalue weighted by Crippen LogP contribution is -2.60. The Kier molecular flexibility index (Phi) is 40.8. The Bertz CT molecular complexity index is 4640. The Hall–Kier alpha value is -10.7. The number of ether oxygens (including phenoxy) is 4. The van der Waals surface area contributed by atoms with Gasteiger partial charge in [0.1, 0.15) is 36.8 Å². The van der Waals surface area contributed by atoms with Gasteiger partial charge in [0.2, 0.25) is 47.3 Å². The second kappa shape index (κ2) is 49.4. The highest BCUT2D eigenvalue weighted by Gasteiger charge is 2.45. The van der Waals surface area contributed by atoms with Crippen LogP contribution in [0.15, 0.2) is 137 Å². The molecule has 692 valence electrons. The number of benzene rings is 5. The molecule has 1 aliphatic rings. The zero-order valence-corrected chi connectivity index (χ0v) is 77.0. The lowest BCUT2D eigenvalue weighted by atomic mass is 9.89. The van der Waals surface area contributed by atoms with E-state index in [9.17, 15) is 79.5 Å². The van der Waals surface area contributed by atoms with E-state index in [2.05, 4.69) is 42.5 Å². The van der Waals surface area contributed by atoms with Crippen LogP contribution in [-0.4, -0.2) is 241 Å². The number of primary amides is 1. The molecule has 35 heteroatoms. The van der Waals surface area contributed by atoms with Gasteiger partial charge in [-0.15, -0.1) is 0 Å². The predicted octanol–water partition coefficient (Wildman–Crippen LogP) is 7.30. The van der Waals surface area contributed by atoms with Crippen molar-refractivity contribution in [2.45, 2.75) is 217 Å². The molecule has 0 aliphatic carbocycles. The highest BCUT2D eigenvalue weighted by molar-refractivity contribution is 7.92. The monoisotopic (exact) mass is 1790 g/mol. The van der Waals surface area contributed by atoms with Crippen molar-refractivity contribution in [2.75, 3.05) is 78.5 Å². The summed E-state index contributed by atoms with van der Waals surface area (Å²) >= 11 is 0. The van der Waals surface area contributed by atoms with Gasteiger partial charge in [0.15, 0.2) is 25.5 Å². The molecule has 0 aromatic heterocycles. The minimum absolute atomic E-state index is 0.00974. The van der Waals surface area contributed by atoms with Gasteiger partial charge in [-0.25, -0.2) is 26.4 Å². The van der Waals surface area contributed by atoms with Crippen LogP contribution in [-0.2, 0) is 83.6 Å². The molecule has 1 unspecified atom stereocenters. The van der Waals surface area contributed by atoms with Crippen LogP contribution in [0, 0.1) is 49.4 Å². The number of aliphatic hydroxyl groups excluding tert-OH is 1. The van der Waals surface area contributed by atoms with Crippen molar-refractivity contribution < 1.29 is 98.4 Å². The number of likely N-dealkylation sites (N-methyl/N-ethyl adjacent to an activating group) is 2. The molecule has 11 N–H and O–H groups in total. The number of sulfone groups is 2. The van der Waals surface area contributed by atoms with Gasteiger partial charge in [-0.05, 0) is 136 Å². The van der Waals surface area contributed by atoms with Gasteiger partial charge < -0.3 is 82.1 Å². The fourth-order valence-corrected chi connectivity index (χ4v) is 18.5. The van der Waals surface area contributed by atoms with E-state index in [4.69, 9.17) is 24.7 Å². The van der Waals surface area contributed by atoms with Crippen molar-refractivity contribution in [2.24, 2.45) is 41.2 Å². The summed E-state index contributed by atoms with van der Waals surface area (Å²) in [6.45, 7) is 21.4. The summed E-state index contributed by atoms with van der Waals surface area (Å²) < 4.78 is 78.0. The van der Waals surface area contributed by atoms with E-state index in [-0.39, 0.29) is 96.3 Å². The number of ketones is 1. The minimum Gasteiger partial charge on any atom is -0.445 e. The quantitative estimate of drug-likeness (QED) is 0.0135. The van der Waals surface area contributed by atoms with Crippen LogP contribution in [0.2, 0.25) is 0 Å². The van der Waals surface area contributed by atoms with E-state index in [0.29, 0.717) is 36.9 Å². The number of nitrogens with two attached hydrogens (primary N) is 1. The van der Waals surface area contributed by atoms with Crippen LogP contribution in [0.4, 0.5) is 15.3 Å². The van der Waals surface area contributed by atoms with Crippen molar-refractivity contribution >= 4 is 96.4 Å². The number of aliphatic hydroxyl groups is 1. The summed E-state index contributed by atoms with van der Waals surface area (Å²) in [7, 11) is -1.04. The Morgan fingerprint density at radius 2 is 1.17 bits per heavy atom. The molecule has 126 heavy (non-hydrogen) atoms. The van der Waals surface area contributed by atoms with Crippen molar-refractivity contribution in [3.63, 3.8) is 0 Å². The van der Waals surface area contributed by atoms with Crippen LogP contribution in [0.1, 0.15) is 170 Å². The first kappa shape index (κ1) is 104. The molecule has 5 aromatic carbocycles. The van der Waals surface area contributed by atoms with E-state index >= 15 is 0 Å². The normalized spacial score (nSPS) is 15.8. The molecular formula is C91H130N12O21S2. The molecule has 0 saturated carbocycles. The molecule has 1 fully saturated rings. The first-order valence-corrected chi connectivity index (χ1v) is 46.0. The Morgan fingerprint density at radius 1 is 0.595 bits per heavy atom. The molecule has 5 aromatic rings. The summed E-state index contributed by atoms with van der Waals surface area (Å²) in [6.07, 6.45) is -2.29. The molecule has 0 spiro atoms. The lowest BCUT2D eigenvalue weighted by molar-refractivity contribution is -0.148. The number of rotatable bonds is 49. The zero-order chi connectivity index (χ0) is 93.6. The number of Topliss-reactive ketones (excluding diaryl/α,β-unsaturated/α-hetero) is 1. The number of nitrogens with one attached hydrogen (secondary N) is 8. The van der Waals surface area contributed by atoms with Gasteiger partial charge in [-0.3, -0.25) is 52.8 Å². The van der Waals surface area contributed by atoms with Crippen molar-refractivity contribution in [3.8, 4) is 0 Å². The van der Waals surface area contributed by atoms with Gasteiger partial charge in [0.05, 0.1) is 82.6 Å². The third-order valence-corrected chi connectivity index (χ3v) is 26.5. The van der Waals surface area contributed by atoms with Gasteiger partial charge in [0, 0.05) is 78.3 Å². The van der Waals surface area contributed by atoms with Crippen LogP contribution in [0.25, 0.3) is 0 Å². The topological polar surface area (TPSA) is 462 Å². The molecule has 0 bridgehead atoms. The van der Waals surface area contributed by atoms with Crippen molar-refractivity contribution in [1.82, 2.24) is 51.9 Å². The maximum atomic E-state index is 14.9. The predicted molar refractivity (Wildman–Crippen MR) is 475 cm³/mol. The molecule has 6 rings (SSSR count). The second-order valence-electron chi connectivity index (χ2n) is 33.5. The molecule has 1 aliphatic heterocycles. The summed E-state index contributed by atoms with van der Waals surface area (Å²) in [4.78, 5) is 172. The molecule has 1 heterocycles. The minimum atomic E-state index is -4.23. The molecule has 12 amide bonds. The Labute approximate surface area is 740 Å². The number of anilines is 1. The Balaban J connectivity index is 1.07. The van der Waals surface area contributed by atoms with Gasteiger partial charge in [-0.2, -0.15) is 0 Å². The average Bonchev–Trinajstić information content (AvgIpc) is 1.00. The lowest BCUT2D eigenvalue weighted by Gasteiger charge is -2.41. The largest absolute Gasteiger partial charge is 0.445 e. The van der Waals surface area contributed by atoms with Gasteiger partial charge in [-0.1, -0.05) is 159 Å². The summed E-state index contributed by atoms with van der Waals surface area (Å²) in [5.41, 5.74) is 8.05. The summed E-state index contributed by atoms with van der Waals surface area (Å²) in [5.74, 6) is -12.0. The number of urea groups is 1. The van der Waals surface area contributed by atoms with Crippen LogP contribution < -0.4 is 48.3 Å². The third-order valence-electron chi connectivity index (χ3n) is 22.8. The SMILES string of the molecule is CC[C@@H](C)C([C@H](CC(=O)N1CCC[C@@H]1[C@H](OC)[C@H](C)C(=O)N[C@H](C)[C@@H](O)c1ccccc1)OC)N(C)C(=O)[C@H](NC(=O)[C@@H](C(C)C)N(C)C(=O)OCc1ccc(NC(=O)[C@@H](CCCNC(N)=O)NC(=O)[C@H](NC(=O)CC[C@@H](NC(=O)c2ccc(C(=O)C(CS(=O)(=O)c3ccc(C)cc3)CS(=O)(=O)c3ccc(C)cc3)cc2)C(=O)NCCOC)C(C)C)cc1)C(C)C. The fourth-order valence-electron chi connectivity index (χ4n) is 15.3. The molecule has 0 radical (unpaired) electrons. The number of nitrogens with zero attached hydrogens (tertiary/aromatic N) is 3. The highest BCUT2D eigenvalue weighted by atomic mass is 32.2. The summed E-state index contributed by atoms with van der Waals surface area (Å²) in [5, 5.41) is 32.7. The van der Waals surface area contributed by atoms with E-state index in [0.717, 1.165) is 16.0 Å². The van der Waals surface area contributed by atoms with E-state index in [1.54, 1.807) is 142 Å². The highest BCUT2D eigenvalue weighted by Crippen LogP contribution is 2.32. The van der Waals surface area contributed by atoms with E-state index in [1.165, 1.54) is 93.9 Å². The van der Waals surface area contributed by atoms with Gasteiger partial charge in [0.25, 0.3) is 5.91 Å². The number of carbonyl (C=O) groups is 12. The number of amides is 12. The first-order chi connectivity index (χ1) is 59.5. The maximum Gasteiger partial charge on any atom is 0.410 e. The maximum absolute atomic E-state index is 14.9. The fraction of sp³-hybridized carbons (Fsp3) is 0.538. The van der Waals surface area contributed by atoms with Crippen molar-refractivity contribution in [3.05, 3.63) is 161 Å². The third kappa shape index (κ3) is 30.2. The number of likely N-dealkylation sites (tertiary alicyclic amines) is 1. The van der Waals surface area contributed by atoms with E-state index < -0.39 is 193 Å². The van der Waals surface area contributed by atoms with Crippen LogP contribution in [0.5, 0.6) is 0 Å². The molecule has 13 atom stereocenters. The average molecular weight is 1790 g/mol. The molecular weight excluding hydrogens is 1660 g/mol.